The van der Waals surface area contributed by atoms with Crippen LogP contribution in [0, 0.1) is 5.92 Å². The molecule has 2 aromatic rings. The number of thiazole rings is 1. The van der Waals surface area contributed by atoms with Gasteiger partial charge in [0.25, 0.3) is 0 Å². The second-order valence-corrected chi connectivity index (χ2v) is 8.16. The molecule has 0 unspecified atom stereocenters. The molecule has 2 nitrogen and oxygen atoms in total. The van der Waals surface area contributed by atoms with Gasteiger partial charge < -0.3 is 5.73 Å². The third-order valence-electron chi connectivity index (χ3n) is 2.77. The van der Waals surface area contributed by atoms with Crippen molar-refractivity contribution in [1.29, 1.82) is 0 Å². The minimum Gasteiger partial charge on any atom is -0.326 e. The summed E-state index contributed by atoms with van der Waals surface area (Å²) in [6.45, 7) is 5.03. The molecule has 0 atom stereocenters. The third kappa shape index (κ3) is 4.58. The number of thioether (sulfide) groups is 1. The lowest BCUT2D eigenvalue weighted by atomic mass is 10.1. The van der Waals surface area contributed by atoms with Gasteiger partial charge in [-0.05, 0) is 30.5 Å². The molecule has 0 fully saturated rings. The zero-order chi connectivity index (χ0) is 14.5. The number of nitrogens with two attached hydrogens (primary N) is 1. The Labute approximate surface area is 137 Å². The van der Waals surface area contributed by atoms with Crippen LogP contribution in [0.25, 0.3) is 0 Å². The van der Waals surface area contributed by atoms with Crippen LogP contribution in [0.15, 0.2) is 33.6 Å². The Balaban J connectivity index is 2.04. The zero-order valence-corrected chi connectivity index (χ0v) is 14.9. The van der Waals surface area contributed by atoms with Gasteiger partial charge in [-0.25, -0.2) is 4.98 Å². The number of hydrogen-bond acceptors (Lipinski definition) is 4. The second kappa shape index (κ2) is 7.59. The van der Waals surface area contributed by atoms with E-state index in [1.807, 2.05) is 17.8 Å². The highest BCUT2D eigenvalue weighted by molar-refractivity contribution is 9.10. The Kier molecular flexibility index (Phi) is 6.08. The molecule has 1 aromatic heterocycles. The molecule has 0 radical (unpaired) electrons. The maximum Gasteiger partial charge on any atom is 0.103 e. The van der Waals surface area contributed by atoms with Crippen LogP contribution in [0.2, 0.25) is 0 Å². The van der Waals surface area contributed by atoms with Crippen molar-refractivity contribution in [2.24, 2.45) is 11.7 Å². The first-order valence-electron chi connectivity index (χ1n) is 6.64. The Hall–Kier alpha value is -0.360. The average molecular weight is 371 g/mol. The summed E-state index contributed by atoms with van der Waals surface area (Å²) in [7, 11) is 0. The molecule has 1 heterocycles. The molecule has 0 saturated heterocycles. The summed E-state index contributed by atoms with van der Waals surface area (Å²) in [5, 5.41) is 1.17. The summed E-state index contributed by atoms with van der Waals surface area (Å²) in [4.78, 5) is 7.26. The van der Waals surface area contributed by atoms with Crippen LogP contribution in [0.1, 0.15) is 29.4 Å². The summed E-state index contributed by atoms with van der Waals surface area (Å²) >= 11 is 7.07. The van der Waals surface area contributed by atoms with Gasteiger partial charge in [0.15, 0.2) is 0 Å². The quantitative estimate of drug-likeness (QED) is 0.738. The highest BCUT2D eigenvalue weighted by atomic mass is 79.9. The Bertz CT molecular complexity index is 567. The van der Waals surface area contributed by atoms with Gasteiger partial charge in [0, 0.05) is 20.8 Å². The Morgan fingerprint density at radius 2 is 2.20 bits per heavy atom. The van der Waals surface area contributed by atoms with Gasteiger partial charge >= 0.3 is 0 Å². The SMILES string of the molecule is CC(C)Cc1nc(CSc2cccc(Br)c2)sc1CN. The fraction of sp³-hybridized carbons (Fsp3) is 0.400. The smallest absolute Gasteiger partial charge is 0.103 e. The molecule has 0 amide bonds. The van der Waals surface area contributed by atoms with Crippen molar-refractivity contribution in [1.82, 2.24) is 4.98 Å². The van der Waals surface area contributed by atoms with Gasteiger partial charge in [0.2, 0.25) is 0 Å². The van der Waals surface area contributed by atoms with E-state index in [0.29, 0.717) is 12.5 Å². The normalized spacial score (nSPS) is 11.2. The van der Waals surface area contributed by atoms with Gasteiger partial charge in [-0.15, -0.1) is 23.1 Å². The summed E-state index contributed by atoms with van der Waals surface area (Å²) in [6.07, 6.45) is 1.02. The number of rotatable bonds is 6. The first-order valence-corrected chi connectivity index (χ1v) is 9.24. The van der Waals surface area contributed by atoms with Crippen molar-refractivity contribution in [2.45, 2.75) is 37.5 Å². The van der Waals surface area contributed by atoms with Crippen molar-refractivity contribution in [3.8, 4) is 0 Å². The van der Waals surface area contributed by atoms with Crippen LogP contribution < -0.4 is 5.73 Å². The van der Waals surface area contributed by atoms with E-state index in [1.165, 1.54) is 20.5 Å². The number of nitrogens with zero attached hydrogens (tertiary/aromatic N) is 1. The van der Waals surface area contributed by atoms with E-state index in [4.69, 9.17) is 10.7 Å². The fourth-order valence-electron chi connectivity index (χ4n) is 1.91. The fourth-order valence-corrected chi connectivity index (χ4v) is 4.38. The van der Waals surface area contributed by atoms with Crippen LogP contribution >= 0.6 is 39.0 Å². The Morgan fingerprint density at radius 3 is 2.85 bits per heavy atom. The topological polar surface area (TPSA) is 38.9 Å². The molecule has 0 aliphatic rings. The third-order valence-corrected chi connectivity index (χ3v) is 5.57. The molecule has 0 spiro atoms. The predicted octanol–water partition coefficient (Wildman–Crippen LogP) is 4.86. The highest BCUT2D eigenvalue weighted by Gasteiger charge is 2.11. The number of hydrogen-bond donors (Lipinski definition) is 1. The van der Waals surface area contributed by atoms with Crippen LogP contribution in [0.5, 0.6) is 0 Å². The summed E-state index contributed by atoms with van der Waals surface area (Å²) in [6, 6.07) is 8.36. The average Bonchev–Trinajstić information content (AvgIpc) is 2.78. The van der Waals surface area contributed by atoms with Crippen molar-refractivity contribution < 1.29 is 0 Å². The zero-order valence-electron chi connectivity index (χ0n) is 11.7. The van der Waals surface area contributed by atoms with Crippen LogP contribution in [0.4, 0.5) is 0 Å². The highest BCUT2D eigenvalue weighted by Crippen LogP contribution is 2.29. The van der Waals surface area contributed by atoms with E-state index in [2.05, 4.69) is 48.0 Å². The minimum absolute atomic E-state index is 0.598. The van der Waals surface area contributed by atoms with Gasteiger partial charge in [-0.1, -0.05) is 35.8 Å². The predicted molar refractivity (Wildman–Crippen MR) is 92.3 cm³/mol. The van der Waals surface area contributed by atoms with Crippen LogP contribution in [-0.4, -0.2) is 4.98 Å². The van der Waals surface area contributed by atoms with E-state index in [-0.39, 0.29) is 0 Å². The van der Waals surface area contributed by atoms with Gasteiger partial charge in [0.1, 0.15) is 5.01 Å². The molecule has 0 bridgehead atoms. The monoisotopic (exact) mass is 370 g/mol. The van der Waals surface area contributed by atoms with Crippen LogP contribution in [0.3, 0.4) is 0 Å². The molecule has 0 saturated carbocycles. The van der Waals surface area contributed by atoms with E-state index >= 15 is 0 Å². The van der Waals surface area contributed by atoms with E-state index in [1.54, 1.807) is 11.3 Å². The minimum atomic E-state index is 0.598. The molecule has 2 N–H and O–H groups in total. The van der Waals surface area contributed by atoms with Gasteiger partial charge in [-0.2, -0.15) is 0 Å². The van der Waals surface area contributed by atoms with E-state index in [9.17, 15) is 0 Å². The Morgan fingerprint density at radius 1 is 1.40 bits per heavy atom. The molecule has 108 valence electrons. The summed E-state index contributed by atoms with van der Waals surface area (Å²) in [5.41, 5.74) is 7.02. The number of halogens is 1. The van der Waals surface area contributed by atoms with Crippen LogP contribution in [-0.2, 0) is 18.7 Å². The first-order chi connectivity index (χ1) is 9.58. The largest absolute Gasteiger partial charge is 0.326 e. The maximum atomic E-state index is 5.82. The lowest BCUT2D eigenvalue weighted by Crippen LogP contribution is -2.02. The maximum absolute atomic E-state index is 5.82. The van der Waals surface area contributed by atoms with E-state index in [0.717, 1.165) is 16.6 Å². The molecule has 1 aromatic carbocycles. The first kappa shape index (κ1) is 16.0. The second-order valence-electron chi connectivity index (χ2n) is 5.03. The molecule has 5 heteroatoms. The molecule has 20 heavy (non-hydrogen) atoms. The number of aromatic nitrogens is 1. The van der Waals surface area contributed by atoms with Gasteiger partial charge in [-0.3, -0.25) is 0 Å². The number of benzene rings is 1. The molecule has 2 rings (SSSR count). The van der Waals surface area contributed by atoms with Crippen molar-refractivity contribution in [2.75, 3.05) is 0 Å². The lowest BCUT2D eigenvalue weighted by Gasteiger charge is -2.02. The standard InChI is InChI=1S/C15H19BrN2S2/c1-10(2)6-13-14(8-17)20-15(18-13)9-19-12-5-3-4-11(16)7-12/h3-5,7,10H,6,8-9,17H2,1-2H3. The van der Waals surface area contributed by atoms with Crippen molar-refractivity contribution in [3.05, 3.63) is 44.3 Å². The molecule has 0 aliphatic heterocycles. The van der Waals surface area contributed by atoms with Crippen molar-refractivity contribution in [3.63, 3.8) is 0 Å². The molecular weight excluding hydrogens is 352 g/mol. The summed E-state index contributed by atoms with van der Waals surface area (Å²) < 4.78 is 1.12. The lowest BCUT2D eigenvalue weighted by molar-refractivity contribution is 0.633. The molecule has 0 aliphatic carbocycles. The van der Waals surface area contributed by atoms with Gasteiger partial charge in [0.05, 0.1) is 11.4 Å². The van der Waals surface area contributed by atoms with E-state index < -0.39 is 0 Å². The van der Waals surface area contributed by atoms with Crippen molar-refractivity contribution >= 4 is 39.0 Å². The summed E-state index contributed by atoms with van der Waals surface area (Å²) in [5.74, 6) is 1.53. The molecular formula is C15H19BrN2S2.